The van der Waals surface area contributed by atoms with Crippen molar-refractivity contribution in [3.8, 4) is 0 Å². The van der Waals surface area contributed by atoms with Crippen LogP contribution in [0.2, 0.25) is 10.0 Å². The Morgan fingerprint density at radius 1 is 1.09 bits per heavy atom. The third kappa shape index (κ3) is 4.29. The highest BCUT2D eigenvalue weighted by molar-refractivity contribution is 6.43. The topological polar surface area (TPSA) is 50.4 Å². The van der Waals surface area contributed by atoms with Gasteiger partial charge in [0, 0.05) is 12.2 Å². The molecule has 2 N–H and O–H groups in total. The van der Waals surface area contributed by atoms with Crippen LogP contribution in [0.25, 0.3) is 0 Å². The molecule has 0 bridgehead atoms. The number of carbonyl (C=O) groups is 1. The van der Waals surface area contributed by atoms with Gasteiger partial charge in [-0.15, -0.1) is 0 Å². The third-order valence-electron chi connectivity index (χ3n) is 2.95. The van der Waals surface area contributed by atoms with E-state index in [1.54, 1.807) is 13.0 Å². The van der Waals surface area contributed by atoms with E-state index >= 15 is 0 Å². The van der Waals surface area contributed by atoms with Crippen molar-refractivity contribution >= 4 is 40.7 Å². The zero-order valence-electron chi connectivity index (χ0n) is 12.0. The Hall–Kier alpha value is -1.91. The molecule has 0 aliphatic rings. The van der Waals surface area contributed by atoms with Crippen LogP contribution < -0.4 is 10.6 Å². The standard InChI is InChI=1S/C16H16Cl2N2O2/c1-2-22-16(21)20-13-8-4-3-6-11(13)10-19-14-9-5-7-12(17)15(14)18/h3-9,19H,2,10H2,1H3,(H,20,21). The molecule has 22 heavy (non-hydrogen) atoms. The number of hydrogen-bond acceptors (Lipinski definition) is 3. The third-order valence-corrected chi connectivity index (χ3v) is 3.77. The highest BCUT2D eigenvalue weighted by Gasteiger charge is 2.08. The molecule has 6 heteroatoms. The van der Waals surface area contributed by atoms with E-state index in [1.807, 2.05) is 36.4 Å². The van der Waals surface area contributed by atoms with E-state index in [2.05, 4.69) is 10.6 Å². The molecular formula is C16H16Cl2N2O2. The fraction of sp³-hybridized carbons (Fsp3) is 0.188. The van der Waals surface area contributed by atoms with Crippen LogP contribution in [0.4, 0.5) is 16.2 Å². The first-order valence-corrected chi connectivity index (χ1v) is 7.57. The molecule has 0 spiro atoms. The molecule has 2 aromatic rings. The average molecular weight is 339 g/mol. The fourth-order valence-corrected chi connectivity index (χ4v) is 2.27. The molecule has 116 valence electrons. The largest absolute Gasteiger partial charge is 0.450 e. The monoisotopic (exact) mass is 338 g/mol. The number of halogens is 2. The Labute approximate surface area is 139 Å². The highest BCUT2D eigenvalue weighted by Crippen LogP contribution is 2.30. The van der Waals surface area contributed by atoms with E-state index < -0.39 is 6.09 Å². The van der Waals surface area contributed by atoms with Crippen LogP contribution in [0.1, 0.15) is 12.5 Å². The second-order valence-corrected chi connectivity index (χ2v) is 5.24. The second-order valence-electron chi connectivity index (χ2n) is 4.46. The quantitative estimate of drug-likeness (QED) is 0.790. The number of benzene rings is 2. The number of carbonyl (C=O) groups excluding carboxylic acids is 1. The van der Waals surface area contributed by atoms with Gasteiger partial charge in [-0.05, 0) is 30.7 Å². The summed E-state index contributed by atoms with van der Waals surface area (Å²) in [5, 5.41) is 6.88. The number of ether oxygens (including phenoxy) is 1. The molecule has 0 aliphatic heterocycles. The van der Waals surface area contributed by atoms with Crippen LogP contribution >= 0.6 is 23.2 Å². The van der Waals surface area contributed by atoms with Gasteiger partial charge in [0.1, 0.15) is 0 Å². The van der Waals surface area contributed by atoms with Gasteiger partial charge in [0.05, 0.1) is 22.3 Å². The number of rotatable bonds is 5. The lowest BCUT2D eigenvalue weighted by atomic mass is 10.1. The Kier molecular flexibility index (Phi) is 5.92. The van der Waals surface area contributed by atoms with Crippen molar-refractivity contribution < 1.29 is 9.53 Å². The number of anilines is 2. The van der Waals surface area contributed by atoms with Gasteiger partial charge in [0.25, 0.3) is 0 Å². The molecule has 0 aromatic heterocycles. The maximum absolute atomic E-state index is 11.5. The van der Waals surface area contributed by atoms with E-state index in [0.717, 1.165) is 11.3 Å². The zero-order chi connectivity index (χ0) is 15.9. The number of hydrogen-bond donors (Lipinski definition) is 2. The molecule has 2 rings (SSSR count). The molecule has 0 unspecified atom stereocenters. The van der Waals surface area contributed by atoms with Crippen molar-refractivity contribution in [2.45, 2.75) is 13.5 Å². The van der Waals surface area contributed by atoms with E-state index in [1.165, 1.54) is 0 Å². The first kappa shape index (κ1) is 16.5. The molecule has 1 amide bonds. The minimum absolute atomic E-state index is 0.324. The van der Waals surface area contributed by atoms with Gasteiger partial charge < -0.3 is 10.1 Å². The minimum Gasteiger partial charge on any atom is -0.450 e. The van der Waals surface area contributed by atoms with Crippen LogP contribution in [-0.4, -0.2) is 12.7 Å². The first-order chi connectivity index (χ1) is 10.6. The average Bonchev–Trinajstić information content (AvgIpc) is 2.50. The van der Waals surface area contributed by atoms with Gasteiger partial charge in [-0.1, -0.05) is 47.5 Å². The summed E-state index contributed by atoms with van der Waals surface area (Å²) in [4.78, 5) is 11.5. The lowest BCUT2D eigenvalue weighted by molar-refractivity contribution is 0.168. The summed E-state index contributed by atoms with van der Waals surface area (Å²) in [7, 11) is 0. The Bertz CT molecular complexity index is 662. The SMILES string of the molecule is CCOC(=O)Nc1ccccc1CNc1cccc(Cl)c1Cl. The zero-order valence-corrected chi connectivity index (χ0v) is 13.5. The second kappa shape index (κ2) is 7.92. The molecule has 2 aromatic carbocycles. The number of para-hydroxylation sites is 1. The first-order valence-electron chi connectivity index (χ1n) is 6.81. The van der Waals surface area contributed by atoms with Crippen molar-refractivity contribution in [3.63, 3.8) is 0 Å². The van der Waals surface area contributed by atoms with Gasteiger partial charge in [-0.25, -0.2) is 4.79 Å². The van der Waals surface area contributed by atoms with Crippen molar-refractivity contribution in [2.75, 3.05) is 17.2 Å². The number of amides is 1. The number of nitrogens with one attached hydrogen (secondary N) is 2. The molecule has 0 radical (unpaired) electrons. The summed E-state index contributed by atoms with van der Waals surface area (Å²) >= 11 is 12.1. The predicted molar refractivity (Wildman–Crippen MR) is 90.9 cm³/mol. The summed E-state index contributed by atoms with van der Waals surface area (Å²) in [6.07, 6.45) is -0.476. The maximum atomic E-state index is 11.5. The summed E-state index contributed by atoms with van der Waals surface area (Å²) in [5.74, 6) is 0. The molecule has 0 atom stereocenters. The van der Waals surface area contributed by atoms with Gasteiger partial charge in [-0.3, -0.25) is 5.32 Å². The molecule has 0 saturated carbocycles. The highest BCUT2D eigenvalue weighted by atomic mass is 35.5. The Morgan fingerprint density at radius 2 is 1.82 bits per heavy atom. The molecular weight excluding hydrogens is 323 g/mol. The maximum Gasteiger partial charge on any atom is 0.411 e. The normalized spacial score (nSPS) is 10.1. The van der Waals surface area contributed by atoms with Crippen LogP contribution in [0.5, 0.6) is 0 Å². The predicted octanol–water partition coefficient (Wildman–Crippen LogP) is 5.17. The lowest BCUT2D eigenvalue weighted by Gasteiger charge is -2.13. The minimum atomic E-state index is -0.476. The van der Waals surface area contributed by atoms with E-state index in [9.17, 15) is 4.79 Å². The van der Waals surface area contributed by atoms with E-state index in [-0.39, 0.29) is 0 Å². The molecule has 0 aliphatic carbocycles. The lowest BCUT2D eigenvalue weighted by Crippen LogP contribution is -2.15. The summed E-state index contributed by atoms with van der Waals surface area (Å²) in [6, 6.07) is 12.9. The van der Waals surface area contributed by atoms with Gasteiger partial charge >= 0.3 is 6.09 Å². The van der Waals surface area contributed by atoms with E-state index in [0.29, 0.717) is 28.9 Å². The summed E-state index contributed by atoms with van der Waals surface area (Å²) in [6.45, 7) is 2.57. The van der Waals surface area contributed by atoms with Crippen molar-refractivity contribution in [1.29, 1.82) is 0 Å². The Morgan fingerprint density at radius 3 is 2.59 bits per heavy atom. The van der Waals surface area contributed by atoms with Crippen LogP contribution in [0.3, 0.4) is 0 Å². The molecule has 4 nitrogen and oxygen atoms in total. The van der Waals surface area contributed by atoms with Crippen LogP contribution in [0, 0.1) is 0 Å². The van der Waals surface area contributed by atoms with Gasteiger partial charge in [-0.2, -0.15) is 0 Å². The molecule has 0 saturated heterocycles. The Balaban J connectivity index is 2.10. The van der Waals surface area contributed by atoms with Crippen LogP contribution in [0.15, 0.2) is 42.5 Å². The smallest absolute Gasteiger partial charge is 0.411 e. The summed E-state index contributed by atoms with van der Waals surface area (Å²) in [5.41, 5.74) is 2.33. The van der Waals surface area contributed by atoms with Crippen molar-refractivity contribution in [2.24, 2.45) is 0 Å². The molecule has 0 heterocycles. The van der Waals surface area contributed by atoms with Gasteiger partial charge in [0.15, 0.2) is 0 Å². The van der Waals surface area contributed by atoms with E-state index in [4.69, 9.17) is 27.9 Å². The summed E-state index contributed by atoms with van der Waals surface area (Å²) < 4.78 is 4.89. The van der Waals surface area contributed by atoms with Crippen molar-refractivity contribution in [3.05, 3.63) is 58.1 Å². The fourth-order valence-electron chi connectivity index (χ4n) is 1.90. The van der Waals surface area contributed by atoms with Crippen molar-refractivity contribution in [1.82, 2.24) is 0 Å². The van der Waals surface area contributed by atoms with Crippen LogP contribution in [-0.2, 0) is 11.3 Å². The van der Waals surface area contributed by atoms with Gasteiger partial charge in [0.2, 0.25) is 0 Å². The molecule has 0 fully saturated rings.